The average molecular weight is 549 g/mol. The first-order valence-electron chi connectivity index (χ1n) is 13.8. The smallest absolute Gasteiger partial charge is 0.187 e. The van der Waals surface area contributed by atoms with Gasteiger partial charge in [-0.05, 0) is 36.3 Å². The van der Waals surface area contributed by atoms with Crippen LogP contribution in [0.1, 0.15) is 93.4 Å². The van der Waals surface area contributed by atoms with Gasteiger partial charge in [0.2, 0.25) is 0 Å². The minimum Gasteiger partial charge on any atom is -0.432 e. The molecule has 0 aromatic carbocycles. The molecular formula is C26H76O3Si4. The summed E-state index contributed by atoms with van der Waals surface area (Å²) in [6.07, 6.45) is 0. The van der Waals surface area contributed by atoms with Gasteiger partial charge in [-0.3, -0.25) is 0 Å². The molecule has 0 radical (unpaired) electrons. The zero-order valence-corrected chi connectivity index (χ0v) is 29.1. The first-order valence-corrected chi connectivity index (χ1v) is 24.5. The molecule has 0 aromatic heterocycles. The predicted molar refractivity (Wildman–Crippen MR) is 175 cm³/mol. The highest BCUT2D eigenvalue weighted by Crippen LogP contribution is 2.18. The maximum absolute atomic E-state index is 9.58. The van der Waals surface area contributed by atoms with Crippen molar-refractivity contribution >= 4 is 33.5 Å². The SMILES string of the molecule is C.CC[SiH](CC)CC.CC[Si](C)(CC)CC.CC[Si](O)(CC)CC.CC[Si](O)(CC)CC.O.[HH].[HH]. The minimum atomic E-state index is -1.67. The number of hydrogen-bond donors (Lipinski definition) is 2. The van der Waals surface area contributed by atoms with Crippen LogP contribution in [-0.4, -0.2) is 48.6 Å². The van der Waals surface area contributed by atoms with Crippen LogP contribution in [-0.2, 0) is 0 Å². The van der Waals surface area contributed by atoms with Gasteiger partial charge in [0.15, 0.2) is 16.6 Å². The minimum absolute atomic E-state index is 0. The highest BCUT2D eigenvalue weighted by Gasteiger charge is 2.23. The molecule has 0 aromatic rings. The van der Waals surface area contributed by atoms with Gasteiger partial charge in [-0.2, -0.15) is 0 Å². The van der Waals surface area contributed by atoms with E-state index in [2.05, 4.69) is 89.6 Å². The standard InChI is InChI=1S/C7H18Si.2C6H16OSi.C6H16Si.CH4.H2O.2H2/c1-5-8(4,6-2)7-3;2*1-4-8(7,5-2)6-3;1-4-7(5-2)6-3;;;;/h5-7H2,1-4H3;2*7H,4-6H2,1-3H3;7H,4-6H2,1-3H3;1H4;1H2;2*1H. The molecule has 0 saturated heterocycles. The van der Waals surface area contributed by atoms with Gasteiger partial charge in [0, 0.05) is 19.7 Å². The van der Waals surface area contributed by atoms with Gasteiger partial charge in [0.1, 0.15) is 0 Å². The molecule has 0 spiro atoms. The Labute approximate surface area is 220 Å². The lowest BCUT2D eigenvalue weighted by atomic mass is 10.9. The second kappa shape index (κ2) is 29.0. The van der Waals surface area contributed by atoms with E-state index in [1.54, 1.807) is 0 Å². The molecule has 7 heteroatoms. The molecule has 0 fully saturated rings. The molecule has 0 heterocycles. The molecule has 4 N–H and O–H groups in total. The van der Waals surface area contributed by atoms with E-state index in [1.165, 1.54) is 36.3 Å². The van der Waals surface area contributed by atoms with Gasteiger partial charge in [-0.15, -0.1) is 0 Å². The highest BCUT2D eigenvalue weighted by atomic mass is 28.4. The van der Waals surface area contributed by atoms with Crippen molar-refractivity contribution in [3.8, 4) is 0 Å². The normalized spacial score (nSPS) is 10.9. The molecule has 214 valence electrons. The van der Waals surface area contributed by atoms with Crippen molar-refractivity contribution in [2.75, 3.05) is 0 Å². The van der Waals surface area contributed by atoms with Gasteiger partial charge in [0.05, 0.1) is 0 Å². The maximum Gasteiger partial charge on any atom is 0.187 e. The first kappa shape index (κ1) is 47.0. The molecule has 0 rings (SSSR count). The summed E-state index contributed by atoms with van der Waals surface area (Å²) in [4.78, 5) is 19.2. The molecule has 0 aliphatic rings. The molecular weight excluding hydrogens is 473 g/mol. The molecule has 3 nitrogen and oxygen atoms in total. The monoisotopic (exact) mass is 548 g/mol. The van der Waals surface area contributed by atoms with Crippen LogP contribution in [0.25, 0.3) is 0 Å². The van der Waals surface area contributed by atoms with Crippen molar-refractivity contribution in [2.45, 2.75) is 170 Å². The van der Waals surface area contributed by atoms with Crippen LogP contribution in [0, 0.1) is 0 Å². The van der Waals surface area contributed by atoms with Gasteiger partial charge < -0.3 is 15.1 Å². The molecule has 0 atom stereocenters. The Morgan fingerprint density at radius 2 is 0.667 bits per heavy atom. The number of rotatable bonds is 12. The Kier molecular flexibility index (Phi) is 41.3. The van der Waals surface area contributed by atoms with Crippen LogP contribution in [0.5, 0.6) is 0 Å². The van der Waals surface area contributed by atoms with E-state index in [-0.39, 0.29) is 24.6 Å². The van der Waals surface area contributed by atoms with E-state index in [1.807, 2.05) is 0 Å². The largest absolute Gasteiger partial charge is 0.432 e. The summed E-state index contributed by atoms with van der Waals surface area (Å²) in [5, 5.41) is 0. The molecule has 0 unspecified atom stereocenters. The van der Waals surface area contributed by atoms with Crippen molar-refractivity contribution in [1.29, 1.82) is 0 Å². The Morgan fingerprint density at radius 1 is 0.485 bits per heavy atom. The van der Waals surface area contributed by atoms with E-state index in [0.29, 0.717) is 0 Å². The van der Waals surface area contributed by atoms with Crippen LogP contribution >= 0.6 is 0 Å². The zero-order chi connectivity index (χ0) is 25.6. The topological polar surface area (TPSA) is 72.0 Å². The summed E-state index contributed by atoms with van der Waals surface area (Å²) in [5.41, 5.74) is 0. The van der Waals surface area contributed by atoms with Gasteiger partial charge in [-0.1, -0.05) is 133 Å². The van der Waals surface area contributed by atoms with Gasteiger partial charge >= 0.3 is 0 Å². The lowest BCUT2D eigenvalue weighted by Gasteiger charge is -2.20. The average Bonchev–Trinajstić information content (AvgIpc) is 2.84. The quantitative estimate of drug-likeness (QED) is 0.238. The van der Waals surface area contributed by atoms with Crippen molar-refractivity contribution < 1.29 is 17.9 Å². The molecule has 33 heavy (non-hydrogen) atoms. The van der Waals surface area contributed by atoms with Crippen LogP contribution < -0.4 is 0 Å². The van der Waals surface area contributed by atoms with Crippen molar-refractivity contribution in [3.05, 3.63) is 0 Å². The molecule has 0 aliphatic carbocycles. The first-order chi connectivity index (χ1) is 14.4. The Morgan fingerprint density at radius 3 is 0.667 bits per heavy atom. The van der Waals surface area contributed by atoms with Crippen molar-refractivity contribution in [2.24, 2.45) is 0 Å². The third kappa shape index (κ3) is 27.2. The third-order valence-corrected chi connectivity index (χ3v) is 24.7. The lowest BCUT2D eigenvalue weighted by Crippen LogP contribution is -2.30. The lowest BCUT2D eigenvalue weighted by molar-refractivity contribution is 0.530. The van der Waals surface area contributed by atoms with E-state index in [9.17, 15) is 9.59 Å². The van der Waals surface area contributed by atoms with E-state index in [0.717, 1.165) is 36.3 Å². The second-order valence-corrected chi connectivity index (χ2v) is 28.6. The zero-order valence-electron chi connectivity index (χ0n) is 25.0. The fourth-order valence-corrected chi connectivity index (χ4v) is 9.35. The summed E-state index contributed by atoms with van der Waals surface area (Å²) in [6.45, 7) is 29.0. The summed E-state index contributed by atoms with van der Waals surface area (Å²) >= 11 is 0. The molecule has 0 saturated carbocycles. The van der Waals surface area contributed by atoms with Crippen molar-refractivity contribution in [3.63, 3.8) is 0 Å². The summed E-state index contributed by atoms with van der Waals surface area (Å²) in [5.74, 6) is 0. The highest BCUT2D eigenvalue weighted by molar-refractivity contribution is 6.78. The van der Waals surface area contributed by atoms with Crippen LogP contribution in [0.4, 0.5) is 0 Å². The summed E-state index contributed by atoms with van der Waals surface area (Å²) in [6, 6.07) is 14.9. The fraction of sp³-hybridized carbons (Fsp3) is 1.00. The second-order valence-electron chi connectivity index (χ2n) is 9.53. The molecule has 0 bridgehead atoms. The Hall–Kier alpha value is 0.748. The maximum atomic E-state index is 9.58. The molecule has 0 aliphatic heterocycles. The van der Waals surface area contributed by atoms with Gasteiger partial charge in [0.25, 0.3) is 0 Å². The van der Waals surface area contributed by atoms with E-state index < -0.39 is 24.7 Å². The molecule has 0 amide bonds. The third-order valence-electron chi connectivity index (χ3n) is 8.24. The van der Waals surface area contributed by atoms with Crippen LogP contribution in [0.3, 0.4) is 0 Å². The van der Waals surface area contributed by atoms with Crippen LogP contribution in [0.2, 0.25) is 79.1 Å². The van der Waals surface area contributed by atoms with E-state index in [4.69, 9.17) is 0 Å². The van der Waals surface area contributed by atoms with Crippen LogP contribution in [0.15, 0.2) is 0 Å². The van der Waals surface area contributed by atoms with Gasteiger partial charge in [-0.25, -0.2) is 0 Å². The van der Waals surface area contributed by atoms with Crippen molar-refractivity contribution in [1.82, 2.24) is 0 Å². The predicted octanol–water partition coefficient (Wildman–Crippen LogP) is 9.67. The summed E-state index contributed by atoms with van der Waals surface area (Å²) < 4.78 is 0. The number of hydrogen-bond acceptors (Lipinski definition) is 2. The fourth-order valence-electron chi connectivity index (χ4n) is 3.12. The Bertz CT molecular complexity index is 280. The van der Waals surface area contributed by atoms with E-state index >= 15 is 0 Å². The summed E-state index contributed by atoms with van der Waals surface area (Å²) in [7, 11) is -4.19. The Balaban J connectivity index is -0.0000000446.